The van der Waals surface area contributed by atoms with Crippen molar-refractivity contribution in [2.75, 3.05) is 6.54 Å². The van der Waals surface area contributed by atoms with Crippen LogP contribution in [-0.4, -0.2) is 23.7 Å². The molecule has 14 heavy (non-hydrogen) atoms. The van der Waals surface area contributed by atoms with Crippen LogP contribution in [-0.2, 0) is 4.79 Å². The summed E-state index contributed by atoms with van der Waals surface area (Å²) in [6.07, 6.45) is 3.20. The summed E-state index contributed by atoms with van der Waals surface area (Å²) in [5.74, 6) is 0.0248. The highest BCUT2D eigenvalue weighted by Crippen LogP contribution is 2.03. The predicted octanol–water partition coefficient (Wildman–Crippen LogP) is 2.27. The van der Waals surface area contributed by atoms with Crippen LogP contribution in [0.15, 0.2) is 0 Å². The lowest BCUT2D eigenvalue weighted by molar-refractivity contribution is -0.137. The molecule has 0 heterocycles. The van der Waals surface area contributed by atoms with Crippen LogP contribution in [0.2, 0.25) is 0 Å². The molecule has 0 aromatic heterocycles. The fraction of sp³-hybridized carbons (Fsp3) is 0.909. The molecule has 0 rings (SSSR count). The van der Waals surface area contributed by atoms with Gasteiger partial charge in [-0.15, -0.1) is 0 Å². The van der Waals surface area contributed by atoms with Gasteiger partial charge in [0.15, 0.2) is 0 Å². The van der Waals surface area contributed by atoms with Gasteiger partial charge in [-0.3, -0.25) is 4.79 Å². The summed E-state index contributed by atoms with van der Waals surface area (Å²) in [5.41, 5.74) is 0. The average Bonchev–Trinajstić information content (AvgIpc) is 2.01. The highest BCUT2D eigenvalue weighted by molar-refractivity contribution is 5.66. The minimum absolute atomic E-state index is 0.292. The molecule has 0 fully saturated rings. The molecule has 84 valence electrons. The van der Waals surface area contributed by atoms with E-state index >= 15 is 0 Å². The first-order chi connectivity index (χ1) is 6.52. The first kappa shape index (κ1) is 13.4. The smallest absolute Gasteiger partial charge is 0.303 e. The van der Waals surface area contributed by atoms with Gasteiger partial charge in [-0.05, 0) is 38.6 Å². The first-order valence-corrected chi connectivity index (χ1v) is 5.47. The molecule has 1 atom stereocenters. The van der Waals surface area contributed by atoms with Crippen LogP contribution in [0.4, 0.5) is 0 Å². The molecule has 0 aromatic rings. The summed E-state index contributed by atoms with van der Waals surface area (Å²) < 4.78 is 0. The highest BCUT2D eigenvalue weighted by atomic mass is 16.4. The Bertz CT molecular complexity index is 157. The van der Waals surface area contributed by atoms with E-state index in [4.69, 9.17) is 5.11 Å². The van der Waals surface area contributed by atoms with Crippen LogP contribution < -0.4 is 5.32 Å². The number of nitrogens with one attached hydrogen (secondary N) is 1. The quantitative estimate of drug-likeness (QED) is 0.592. The number of carbonyl (C=O) groups is 1. The van der Waals surface area contributed by atoms with Crippen molar-refractivity contribution in [3.8, 4) is 0 Å². The Morgan fingerprint density at radius 2 is 1.93 bits per heavy atom. The summed E-state index contributed by atoms with van der Waals surface area (Å²) in [5, 5.41) is 11.8. The van der Waals surface area contributed by atoms with Crippen LogP contribution in [0.1, 0.15) is 46.5 Å². The van der Waals surface area contributed by atoms with Gasteiger partial charge in [0.25, 0.3) is 0 Å². The zero-order valence-electron chi connectivity index (χ0n) is 9.55. The number of hydrogen-bond donors (Lipinski definition) is 2. The maximum atomic E-state index is 10.2. The van der Waals surface area contributed by atoms with E-state index < -0.39 is 5.97 Å². The van der Waals surface area contributed by atoms with Gasteiger partial charge in [0, 0.05) is 12.5 Å². The minimum Gasteiger partial charge on any atom is -0.481 e. The molecule has 0 amide bonds. The summed E-state index contributed by atoms with van der Waals surface area (Å²) in [6, 6.07) is 0.542. The molecule has 2 N–H and O–H groups in total. The van der Waals surface area contributed by atoms with Crippen molar-refractivity contribution in [1.82, 2.24) is 5.32 Å². The van der Waals surface area contributed by atoms with Crippen LogP contribution in [0.25, 0.3) is 0 Å². The molecule has 0 saturated heterocycles. The topological polar surface area (TPSA) is 49.3 Å². The predicted molar refractivity (Wildman–Crippen MR) is 58.4 cm³/mol. The fourth-order valence-electron chi connectivity index (χ4n) is 1.54. The van der Waals surface area contributed by atoms with Crippen LogP contribution in [0, 0.1) is 5.92 Å². The highest BCUT2D eigenvalue weighted by Gasteiger charge is 2.03. The molecule has 0 radical (unpaired) electrons. The van der Waals surface area contributed by atoms with Gasteiger partial charge in [-0.2, -0.15) is 0 Å². The van der Waals surface area contributed by atoms with Gasteiger partial charge >= 0.3 is 5.97 Å². The lowest BCUT2D eigenvalue weighted by atomic mass is 10.1. The molecule has 0 aliphatic carbocycles. The number of hydrogen-bond acceptors (Lipinski definition) is 2. The van der Waals surface area contributed by atoms with Crippen LogP contribution in [0.3, 0.4) is 0 Å². The Morgan fingerprint density at radius 3 is 2.43 bits per heavy atom. The van der Waals surface area contributed by atoms with Gasteiger partial charge in [0.2, 0.25) is 0 Å². The minimum atomic E-state index is -0.694. The second kappa shape index (κ2) is 7.80. The first-order valence-electron chi connectivity index (χ1n) is 5.47. The van der Waals surface area contributed by atoms with Crippen molar-refractivity contribution in [2.24, 2.45) is 5.92 Å². The summed E-state index contributed by atoms with van der Waals surface area (Å²) in [4.78, 5) is 10.2. The summed E-state index contributed by atoms with van der Waals surface area (Å²) in [7, 11) is 0. The Labute approximate surface area is 86.9 Å². The van der Waals surface area contributed by atoms with Crippen LogP contribution >= 0.6 is 0 Å². The zero-order chi connectivity index (χ0) is 11.0. The van der Waals surface area contributed by atoms with Crippen molar-refractivity contribution in [3.63, 3.8) is 0 Å². The molecular formula is C11H23NO2. The van der Waals surface area contributed by atoms with E-state index in [1.807, 2.05) is 0 Å². The van der Waals surface area contributed by atoms with Gasteiger partial charge in [-0.1, -0.05) is 13.8 Å². The fourth-order valence-corrected chi connectivity index (χ4v) is 1.54. The lowest BCUT2D eigenvalue weighted by Gasteiger charge is -2.15. The number of aliphatic carboxylic acids is 1. The molecule has 0 aliphatic heterocycles. The Kier molecular flexibility index (Phi) is 7.48. The molecule has 0 aromatic carbocycles. The summed E-state index contributed by atoms with van der Waals surface area (Å²) >= 11 is 0. The maximum absolute atomic E-state index is 10.2. The third kappa shape index (κ3) is 9.52. The molecular weight excluding hydrogens is 178 g/mol. The normalized spacial score (nSPS) is 13.1. The Balaban J connectivity index is 3.23. The van der Waals surface area contributed by atoms with E-state index in [0.717, 1.165) is 25.3 Å². The van der Waals surface area contributed by atoms with Gasteiger partial charge < -0.3 is 10.4 Å². The van der Waals surface area contributed by atoms with E-state index in [2.05, 4.69) is 26.1 Å². The summed E-state index contributed by atoms with van der Waals surface area (Å²) in [6.45, 7) is 7.53. The van der Waals surface area contributed by atoms with Gasteiger partial charge in [0.1, 0.15) is 0 Å². The number of rotatable bonds is 8. The second-order valence-corrected chi connectivity index (χ2v) is 4.34. The lowest BCUT2D eigenvalue weighted by Crippen LogP contribution is -2.28. The monoisotopic (exact) mass is 201 g/mol. The van der Waals surface area contributed by atoms with Gasteiger partial charge in [0.05, 0.1) is 0 Å². The molecule has 0 bridgehead atoms. The SMILES string of the molecule is CC(C)CC(C)NCCCCC(=O)O. The molecule has 0 spiro atoms. The molecule has 3 nitrogen and oxygen atoms in total. The number of carboxylic acids is 1. The van der Waals surface area contributed by atoms with Crippen molar-refractivity contribution in [2.45, 2.75) is 52.5 Å². The third-order valence-electron chi connectivity index (χ3n) is 2.14. The van der Waals surface area contributed by atoms with Crippen molar-refractivity contribution >= 4 is 5.97 Å². The maximum Gasteiger partial charge on any atom is 0.303 e. The van der Waals surface area contributed by atoms with E-state index in [-0.39, 0.29) is 0 Å². The third-order valence-corrected chi connectivity index (χ3v) is 2.14. The zero-order valence-corrected chi connectivity index (χ0v) is 9.55. The average molecular weight is 201 g/mol. The molecule has 3 heteroatoms. The standard InChI is InChI=1S/C11H23NO2/c1-9(2)8-10(3)12-7-5-4-6-11(13)14/h9-10,12H,4-8H2,1-3H3,(H,13,14). The van der Waals surface area contributed by atoms with E-state index in [9.17, 15) is 4.79 Å². The van der Waals surface area contributed by atoms with Gasteiger partial charge in [-0.25, -0.2) is 0 Å². The molecule has 1 unspecified atom stereocenters. The van der Waals surface area contributed by atoms with Crippen LogP contribution in [0.5, 0.6) is 0 Å². The second-order valence-electron chi connectivity index (χ2n) is 4.34. The molecule has 0 aliphatic rings. The number of unbranched alkanes of at least 4 members (excludes halogenated alkanes) is 1. The molecule has 0 saturated carbocycles. The van der Waals surface area contributed by atoms with E-state index in [0.29, 0.717) is 12.5 Å². The van der Waals surface area contributed by atoms with Crippen molar-refractivity contribution < 1.29 is 9.90 Å². The Morgan fingerprint density at radius 1 is 1.29 bits per heavy atom. The number of carboxylic acid groups (broad SMARTS) is 1. The van der Waals surface area contributed by atoms with E-state index in [1.165, 1.54) is 6.42 Å². The van der Waals surface area contributed by atoms with Crippen molar-refractivity contribution in [3.05, 3.63) is 0 Å². The largest absolute Gasteiger partial charge is 0.481 e. The Hall–Kier alpha value is -0.570. The van der Waals surface area contributed by atoms with E-state index in [1.54, 1.807) is 0 Å². The van der Waals surface area contributed by atoms with Crippen molar-refractivity contribution in [1.29, 1.82) is 0 Å².